The Hall–Kier alpha value is -2.24. The Balaban J connectivity index is 1.78. The van der Waals surface area contributed by atoms with Gasteiger partial charge in [0.15, 0.2) is 5.82 Å². The van der Waals surface area contributed by atoms with Crippen molar-refractivity contribution in [2.75, 3.05) is 5.32 Å². The van der Waals surface area contributed by atoms with Gasteiger partial charge in [-0.25, -0.2) is 9.97 Å². The summed E-state index contributed by atoms with van der Waals surface area (Å²) in [6, 6.07) is 12.6. The molecule has 0 aliphatic carbocycles. The van der Waals surface area contributed by atoms with E-state index < -0.39 is 0 Å². The molecule has 3 heterocycles. The normalized spacial score (nSPS) is 11.0. The van der Waals surface area contributed by atoms with Crippen molar-refractivity contribution in [3.8, 4) is 10.4 Å². The Labute approximate surface area is 136 Å². The van der Waals surface area contributed by atoms with Crippen molar-refractivity contribution in [3.05, 3.63) is 59.0 Å². The van der Waals surface area contributed by atoms with Gasteiger partial charge in [-0.1, -0.05) is 12.1 Å². The van der Waals surface area contributed by atoms with E-state index in [2.05, 4.69) is 57.2 Å². The number of nitrogens with zero attached hydrogens (tertiary/aromatic N) is 2. The lowest BCUT2D eigenvalue weighted by atomic mass is 10.2. The molecule has 22 heavy (non-hydrogen) atoms. The average Bonchev–Trinajstić information content (AvgIpc) is 3.17. The van der Waals surface area contributed by atoms with Crippen molar-refractivity contribution in [2.24, 2.45) is 0 Å². The fourth-order valence-electron chi connectivity index (χ4n) is 2.35. The van der Waals surface area contributed by atoms with Crippen LogP contribution >= 0.6 is 22.7 Å². The van der Waals surface area contributed by atoms with Gasteiger partial charge >= 0.3 is 0 Å². The zero-order valence-corrected chi connectivity index (χ0v) is 13.5. The Morgan fingerprint density at radius 3 is 2.86 bits per heavy atom. The number of benzene rings is 1. The number of hydrogen-bond donors (Lipinski definition) is 1. The van der Waals surface area contributed by atoms with Crippen LogP contribution in [0.2, 0.25) is 0 Å². The molecule has 0 atom stereocenters. The quantitative estimate of drug-likeness (QED) is 0.543. The molecule has 0 spiro atoms. The number of thiophene rings is 2. The summed E-state index contributed by atoms with van der Waals surface area (Å²) in [5.74, 6) is 0.863. The lowest BCUT2D eigenvalue weighted by molar-refractivity contribution is 1.22. The van der Waals surface area contributed by atoms with Crippen molar-refractivity contribution in [1.29, 1.82) is 0 Å². The third-order valence-corrected chi connectivity index (χ3v) is 5.26. The van der Waals surface area contributed by atoms with E-state index in [9.17, 15) is 0 Å². The number of aromatic nitrogens is 2. The molecule has 0 saturated heterocycles. The molecule has 3 aromatic heterocycles. The molecule has 0 unspecified atom stereocenters. The molecule has 0 aliphatic heterocycles. The van der Waals surface area contributed by atoms with Crippen LogP contribution in [0.5, 0.6) is 0 Å². The number of anilines is 2. The molecule has 4 aromatic rings. The van der Waals surface area contributed by atoms with Crippen LogP contribution in [0, 0.1) is 6.92 Å². The lowest BCUT2D eigenvalue weighted by Crippen LogP contribution is -1.94. The van der Waals surface area contributed by atoms with Gasteiger partial charge in [0.2, 0.25) is 0 Å². The standard InChI is InChI=1S/C17H13N3S2/c1-11-3-2-4-13(7-11)20-17-16-14(18-10-19-17)8-15(22-16)12-5-6-21-9-12/h2-10H,1H3,(H,18,19,20). The third-order valence-electron chi connectivity index (χ3n) is 3.40. The maximum Gasteiger partial charge on any atom is 0.151 e. The van der Waals surface area contributed by atoms with Crippen LogP contribution in [0.3, 0.4) is 0 Å². The monoisotopic (exact) mass is 323 g/mol. The van der Waals surface area contributed by atoms with E-state index in [-0.39, 0.29) is 0 Å². The van der Waals surface area contributed by atoms with E-state index in [1.54, 1.807) is 29.0 Å². The summed E-state index contributed by atoms with van der Waals surface area (Å²) in [4.78, 5) is 10.0. The minimum Gasteiger partial charge on any atom is -0.339 e. The van der Waals surface area contributed by atoms with Gasteiger partial charge in [0.05, 0.1) is 10.2 Å². The van der Waals surface area contributed by atoms with E-state index in [0.717, 1.165) is 21.7 Å². The maximum absolute atomic E-state index is 4.42. The van der Waals surface area contributed by atoms with Crippen molar-refractivity contribution in [3.63, 3.8) is 0 Å². The highest BCUT2D eigenvalue weighted by atomic mass is 32.1. The second-order valence-corrected chi connectivity index (χ2v) is 6.89. The molecule has 3 nitrogen and oxygen atoms in total. The van der Waals surface area contributed by atoms with E-state index in [4.69, 9.17) is 0 Å². The van der Waals surface area contributed by atoms with E-state index in [1.807, 2.05) is 12.1 Å². The number of nitrogens with one attached hydrogen (secondary N) is 1. The summed E-state index contributed by atoms with van der Waals surface area (Å²) >= 11 is 3.43. The number of hydrogen-bond acceptors (Lipinski definition) is 5. The number of aryl methyl sites for hydroxylation is 1. The smallest absolute Gasteiger partial charge is 0.151 e. The van der Waals surface area contributed by atoms with Crippen LogP contribution in [-0.4, -0.2) is 9.97 Å². The summed E-state index contributed by atoms with van der Waals surface area (Å²) in [7, 11) is 0. The molecule has 1 N–H and O–H groups in total. The summed E-state index contributed by atoms with van der Waals surface area (Å²) in [6.45, 7) is 2.08. The van der Waals surface area contributed by atoms with Gasteiger partial charge in [-0.2, -0.15) is 11.3 Å². The number of rotatable bonds is 3. The molecule has 0 fully saturated rings. The van der Waals surface area contributed by atoms with Crippen LogP contribution in [0.4, 0.5) is 11.5 Å². The Bertz CT molecular complexity index is 926. The van der Waals surface area contributed by atoms with Gasteiger partial charge in [0.25, 0.3) is 0 Å². The second kappa shape index (κ2) is 5.51. The zero-order valence-electron chi connectivity index (χ0n) is 11.9. The van der Waals surface area contributed by atoms with Gasteiger partial charge in [-0.3, -0.25) is 0 Å². The van der Waals surface area contributed by atoms with Gasteiger partial charge < -0.3 is 5.32 Å². The molecule has 4 rings (SSSR count). The van der Waals surface area contributed by atoms with Crippen LogP contribution in [-0.2, 0) is 0 Å². The predicted octanol–water partition coefficient (Wildman–Crippen LogP) is 5.47. The highest BCUT2D eigenvalue weighted by Gasteiger charge is 2.10. The first-order chi connectivity index (χ1) is 10.8. The summed E-state index contributed by atoms with van der Waals surface area (Å²) in [6.07, 6.45) is 1.62. The molecule has 0 amide bonds. The van der Waals surface area contributed by atoms with Crippen LogP contribution in [0.15, 0.2) is 53.5 Å². The van der Waals surface area contributed by atoms with E-state index in [1.165, 1.54) is 16.0 Å². The van der Waals surface area contributed by atoms with Crippen molar-refractivity contribution in [1.82, 2.24) is 9.97 Å². The molecular weight excluding hydrogens is 310 g/mol. The molecule has 1 aromatic carbocycles. The first-order valence-electron chi connectivity index (χ1n) is 6.90. The summed E-state index contributed by atoms with van der Waals surface area (Å²) < 4.78 is 1.09. The van der Waals surface area contributed by atoms with Crippen molar-refractivity contribution < 1.29 is 0 Å². The van der Waals surface area contributed by atoms with Gasteiger partial charge in [0.1, 0.15) is 6.33 Å². The van der Waals surface area contributed by atoms with Gasteiger partial charge in [-0.15, -0.1) is 11.3 Å². The first-order valence-corrected chi connectivity index (χ1v) is 8.66. The van der Waals surface area contributed by atoms with Gasteiger partial charge in [0, 0.05) is 16.1 Å². The SMILES string of the molecule is Cc1cccc(Nc2ncnc3cc(-c4ccsc4)sc23)c1. The number of fused-ring (bicyclic) bond motifs is 1. The van der Waals surface area contributed by atoms with Crippen LogP contribution in [0.25, 0.3) is 20.7 Å². The molecular formula is C17H13N3S2. The van der Waals surface area contributed by atoms with Crippen LogP contribution in [0.1, 0.15) is 5.56 Å². The zero-order chi connectivity index (χ0) is 14.9. The summed E-state index contributed by atoms with van der Waals surface area (Å²) in [5.41, 5.74) is 4.50. The minimum atomic E-state index is 0.863. The molecule has 0 aliphatic rings. The highest BCUT2D eigenvalue weighted by molar-refractivity contribution is 7.23. The maximum atomic E-state index is 4.42. The fraction of sp³-hybridized carbons (Fsp3) is 0.0588. The molecule has 5 heteroatoms. The van der Waals surface area contributed by atoms with Crippen molar-refractivity contribution >= 4 is 44.4 Å². The largest absolute Gasteiger partial charge is 0.339 e. The topological polar surface area (TPSA) is 37.8 Å². The Morgan fingerprint density at radius 1 is 1.09 bits per heavy atom. The lowest BCUT2D eigenvalue weighted by Gasteiger charge is -2.06. The first kappa shape index (κ1) is 13.4. The molecule has 0 bridgehead atoms. The van der Waals surface area contributed by atoms with Crippen molar-refractivity contribution in [2.45, 2.75) is 6.92 Å². The Kier molecular flexibility index (Phi) is 3.36. The molecule has 108 valence electrons. The van der Waals surface area contributed by atoms with E-state index >= 15 is 0 Å². The molecule has 0 saturated carbocycles. The highest BCUT2D eigenvalue weighted by Crippen LogP contribution is 2.37. The van der Waals surface area contributed by atoms with Crippen LogP contribution < -0.4 is 5.32 Å². The fourth-order valence-corrected chi connectivity index (χ4v) is 4.13. The average molecular weight is 323 g/mol. The third kappa shape index (κ3) is 2.49. The Morgan fingerprint density at radius 2 is 2.05 bits per heavy atom. The minimum absolute atomic E-state index is 0.863. The van der Waals surface area contributed by atoms with E-state index in [0.29, 0.717) is 0 Å². The second-order valence-electron chi connectivity index (χ2n) is 5.05. The molecule has 0 radical (unpaired) electrons. The van der Waals surface area contributed by atoms with Gasteiger partial charge in [-0.05, 0) is 47.5 Å². The predicted molar refractivity (Wildman–Crippen MR) is 95.2 cm³/mol. The summed E-state index contributed by atoms with van der Waals surface area (Å²) in [5, 5.41) is 7.66.